The minimum atomic E-state index is -0.715. The Balaban J connectivity index is 1.25. The smallest absolute Gasteiger partial charge is 0.338 e. The van der Waals surface area contributed by atoms with Crippen LogP contribution in [-0.4, -0.2) is 30.3 Å². The Bertz CT molecular complexity index is 1310. The topological polar surface area (TPSA) is 92.8 Å². The number of nitrogens with zero attached hydrogens (tertiary/aromatic N) is 1. The minimum Gasteiger partial charge on any atom is -0.452 e. The molecule has 0 unspecified atom stereocenters. The Labute approximate surface area is 196 Å². The van der Waals surface area contributed by atoms with Crippen LogP contribution in [-0.2, 0) is 19.1 Å². The van der Waals surface area contributed by atoms with Crippen LogP contribution in [0, 0.1) is 11.8 Å². The van der Waals surface area contributed by atoms with Crippen molar-refractivity contribution in [3.63, 3.8) is 0 Å². The SMILES string of the molecule is O=C(COC(=O)c1cccc(N2C(=O)[C@H]3CC=CC[C@H]3C2=O)c1)Nc1cccc2ccccc12. The molecule has 0 aromatic heterocycles. The zero-order chi connectivity index (χ0) is 23.7. The van der Waals surface area contributed by atoms with Crippen LogP contribution in [0.5, 0.6) is 0 Å². The normalized spacial score (nSPS) is 19.2. The predicted molar refractivity (Wildman–Crippen MR) is 127 cm³/mol. The lowest BCUT2D eigenvalue weighted by Crippen LogP contribution is -2.31. The van der Waals surface area contributed by atoms with E-state index in [2.05, 4.69) is 5.32 Å². The van der Waals surface area contributed by atoms with Gasteiger partial charge in [0.05, 0.1) is 23.1 Å². The molecule has 1 heterocycles. The maximum Gasteiger partial charge on any atom is 0.338 e. The zero-order valence-corrected chi connectivity index (χ0v) is 18.3. The number of carbonyl (C=O) groups is 4. The number of imide groups is 1. The molecule has 0 spiro atoms. The highest BCUT2D eigenvalue weighted by atomic mass is 16.5. The van der Waals surface area contributed by atoms with Gasteiger partial charge >= 0.3 is 5.97 Å². The maximum atomic E-state index is 12.8. The van der Waals surface area contributed by atoms with E-state index in [1.165, 1.54) is 12.1 Å². The highest BCUT2D eigenvalue weighted by molar-refractivity contribution is 6.22. The van der Waals surface area contributed by atoms with Gasteiger partial charge in [-0.25, -0.2) is 4.79 Å². The first-order valence-electron chi connectivity index (χ1n) is 11.1. The lowest BCUT2D eigenvalue weighted by molar-refractivity contribution is -0.122. The summed E-state index contributed by atoms with van der Waals surface area (Å²) in [4.78, 5) is 51.8. The third-order valence-corrected chi connectivity index (χ3v) is 6.25. The van der Waals surface area contributed by atoms with Crippen molar-refractivity contribution in [3.05, 3.63) is 84.4 Å². The predicted octanol–water partition coefficient (Wildman–Crippen LogP) is 4.09. The van der Waals surface area contributed by atoms with E-state index >= 15 is 0 Å². The van der Waals surface area contributed by atoms with Gasteiger partial charge in [0.2, 0.25) is 11.8 Å². The zero-order valence-electron chi connectivity index (χ0n) is 18.3. The number of ether oxygens (including phenoxy) is 1. The quantitative estimate of drug-likeness (QED) is 0.356. The number of allylic oxidation sites excluding steroid dienone is 2. The van der Waals surface area contributed by atoms with Crippen molar-refractivity contribution in [1.82, 2.24) is 0 Å². The van der Waals surface area contributed by atoms with Crippen LogP contribution in [0.1, 0.15) is 23.2 Å². The molecule has 1 saturated heterocycles. The molecule has 3 aromatic carbocycles. The Hall–Kier alpha value is -4.26. The highest BCUT2D eigenvalue weighted by Crippen LogP contribution is 2.37. The molecule has 3 aromatic rings. The second-order valence-electron chi connectivity index (χ2n) is 8.37. The third kappa shape index (κ3) is 3.96. The van der Waals surface area contributed by atoms with Crippen LogP contribution in [0.2, 0.25) is 0 Å². The van der Waals surface area contributed by atoms with E-state index in [1.54, 1.807) is 18.2 Å². The Morgan fingerprint density at radius 2 is 1.56 bits per heavy atom. The van der Waals surface area contributed by atoms with E-state index in [0.29, 0.717) is 24.2 Å². The first-order valence-corrected chi connectivity index (χ1v) is 11.1. The Morgan fingerprint density at radius 1 is 0.882 bits per heavy atom. The van der Waals surface area contributed by atoms with Gasteiger partial charge in [-0.05, 0) is 42.5 Å². The number of anilines is 2. The van der Waals surface area contributed by atoms with E-state index in [9.17, 15) is 19.2 Å². The number of hydrogen-bond acceptors (Lipinski definition) is 5. The molecule has 1 N–H and O–H groups in total. The largest absolute Gasteiger partial charge is 0.452 e. The fourth-order valence-corrected chi connectivity index (χ4v) is 4.56. The van der Waals surface area contributed by atoms with E-state index in [4.69, 9.17) is 4.74 Å². The summed E-state index contributed by atoms with van der Waals surface area (Å²) < 4.78 is 5.19. The molecule has 170 valence electrons. The summed E-state index contributed by atoms with van der Waals surface area (Å²) >= 11 is 0. The number of amides is 3. The van der Waals surface area contributed by atoms with Crippen molar-refractivity contribution < 1.29 is 23.9 Å². The molecule has 0 bridgehead atoms. The van der Waals surface area contributed by atoms with Crippen LogP contribution in [0.4, 0.5) is 11.4 Å². The second-order valence-corrected chi connectivity index (χ2v) is 8.37. The van der Waals surface area contributed by atoms with E-state index < -0.39 is 18.5 Å². The molecule has 7 nitrogen and oxygen atoms in total. The average Bonchev–Trinajstić information content (AvgIpc) is 3.13. The van der Waals surface area contributed by atoms with Crippen LogP contribution < -0.4 is 10.2 Å². The van der Waals surface area contributed by atoms with Gasteiger partial charge < -0.3 is 10.1 Å². The number of benzene rings is 3. The summed E-state index contributed by atoms with van der Waals surface area (Å²) in [5.74, 6) is -2.40. The molecule has 2 atom stereocenters. The van der Waals surface area contributed by atoms with Crippen LogP contribution in [0.3, 0.4) is 0 Å². The van der Waals surface area contributed by atoms with Crippen molar-refractivity contribution in [2.24, 2.45) is 11.8 Å². The third-order valence-electron chi connectivity index (χ3n) is 6.25. The molecule has 34 heavy (non-hydrogen) atoms. The van der Waals surface area contributed by atoms with Crippen molar-refractivity contribution in [3.8, 4) is 0 Å². The van der Waals surface area contributed by atoms with Gasteiger partial charge in [0.15, 0.2) is 6.61 Å². The first kappa shape index (κ1) is 21.6. The second kappa shape index (κ2) is 8.94. The van der Waals surface area contributed by atoms with Crippen molar-refractivity contribution >= 4 is 45.8 Å². The van der Waals surface area contributed by atoms with Gasteiger partial charge in [-0.3, -0.25) is 19.3 Å². The van der Waals surface area contributed by atoms with Crippen LogP contribution >= 0.6 is 0 Å². The summed E-state index contributed by atoms with van der Waals surface area (Å²) in [5.41, 5.74) is 1.12. The van der Waals surface area contributed by atoms with Crippen molar-refractivity contribution in [2.75, 3.05) is 16.8 Å². The molecule has 0 radical (unpaired) electrons. The van der Waals surface area contributed by atoms with Gasteiger partial charge in [0.25, 0.3) is 5.91 Å². The van der Waals surface area contributed by atoms with Gasteiger partial charge in [0, 0.05) is 11.1 Å². The summed E-state index contributed by atoms with van der Waals surface area (Å²) in [6, 6.07) is 19.4. The number of hydrogen-bond donors (Lipinski definition) is 1. The van der Waals surface area contributed by atoms with Crippen LogP contribution in [0.25, 0.3) is 10.8 Å². The molecule has 1 aliphatic heterocycles. The number of fused-ring (bicyclic) bond motifs is 2. The Kier molecular flexibility index (Phi) is 5.67. The van der Waals surface area contributed by atoms with E-state index in [0.717, 1.165) is 15.7 Å². The molecular formula is C27H22N2O5. The highest BCUT2D eigenvalue weighted by Gasteiger charge is 2.47. The van der Waals surface area contributed by atoms with E-state index in [1.807, 2.05) is 48.6 Å². The Morgan fingerprint density at radius 3 is 2.32 bits per heavy atom. The number of esters is 1. The van der Waals surface area contributed by atoms with E-state index in [-0.39, 0.29) is 29.2 Å². The fourth-order valence-electron chi connectivity index (χ4n) is 4.56. The first-order chi connectivity index (χ1) is 16.5. The van der Waals surface area contributed by atoms with Gasteiger partial charge in [-0.2, -0.15) is 0 Å². The van der Waals surface area contributed by atoms with Gasteiger partial charge in [-0.1, -0.05) is 54.6 Å². The maximum absolute atomic E-state index is 12.8. The van der Waals surface area contributed by atoms with Crippen molar-refractivity contribution in [2.45, 2.75) is 12.8 Å². The summed E-state index contributed by atoms with van der Waals surface area (Å²) in [6.07, 6.45) is 4.93. The van der Waals surface area contributed by atoms with Crippen molar-refractivity contribution in [1.29, 1.82) is 0 Å². The summed E-state index contributed by atoms with van der Waals surface area (Å²) in [5, 5.41) is 4.63. The summed E-state index contributed by atoms with van der Waals surface area (Å²) in [7, 11) is 0. The molecule has 3 amide bonds. The summed E-state index contributed by atoms with van der Waals surface area (Å²) in [6.45, 7) is -0.469. The monoisotopic (exact) mass is 454 g/mol. The number of nitrogens with one attached hydrogen (secondary N) is 1. The number of carbonyl (C=O) groups excluding carboxylic acids is 4. The standard InChI is InChI=1S/C27H22N2O5/c30-24(28-23-14-6-8-17-7-1-2-11-20(17)23)16-34-27(33)18-9-5-10-19(15-18)29-25(31)21-12-3-4-13-22(21)26(29)32/h1-11,14-15,21-22H,12-13,16H2,(H,28,30)/t21-,22+. The molecule has 1 aliphatic carbocycles. The molecule has 7 heteroatoms. The minimum absolute atomic E-state index is 0.157. The van der Waals surface area contributed by atoms with Crippen LogP contribution in [0.15, 0.2) is 78.9 Å². The lowest BCUT2D eigenvalue weighted by Gasteiger charge is -2.15. The fraction of sp³-hybridized carbons (Fsp3) is 0.185. The molecular weight excluding hydrogens is 432 g/mol. The van der Waals surface area contributed by atoms with Gasteiger partial charge in [-0.15, -0.1) is 0 Å². The molecule has 0 saturated carbocycles. The lowest BCUT2D eigenvalue weighted by atomic mass is 9.85. The molecule has 2 aliphatic rings. The average molecular weight is 454 g/mol. The van der Waals surface area contributed by atoms with Gasteiger partial charge in [0.1, 0.15) is 0 Å². The molecule has 1 fully saturated rings. The number of rotatable bonds is 5. The molecule has 5 rings (SSSR count).